The van der Waals surface area contributed by atoms with E-state index < -0.39 is 5.82 Å². The van der Waals surface area contributed by atoms with Gasteiger partial charge in [0, 0.05) is 24.4 Å². The monoisotopic (exact) mass is 457 g/mol. The van der Waals surface area contributed by atoms with Gasteiger partial charge in [-0.2, -0.15) is 0 Å². The number of hydrogen-bond donors (Lipinski definition) is 1. The molecule has 1 aromatic heterocycles. The average Bonchev–Trinajstić information content (AvgIpc) is 3.22. The van der Waals surface area contributed by atoms with Crippen molar-refractivity contribution in [1.82, 2.24) is 10.3 Å². The van der Waals surface area contributed by atoms with E-state index in [4.69, 9.17) is 0 Å². The molecule has 32 heavy (non-hydrogen) atoms. The third-order valence-corrected chi connectivity index (χ3v) is 7.45. The van der Waals surface area contributed by atoms with E-state index in [1.807, 2.05) is 0 Å². The largest absolute Gasteiger partial charge is 0.350 e. The fourth-order valence-corrected chi connectivity index (χ4v) is 5.06. The number of anilines is 2. The van der Waals surface area contributed by atoms with Crippen LogP contribution < -0.4 is 10.2 Å². The minimum absolute atomic E-state index is 0.143. The van der Waals surface area contributed by atoms with Crippen LogP contribution in [-0.2, 0) is 9.59 Å². The van der Waals surface area contributed by atoms with Gasteiger partial charge in [0.05, 0.1) is 11.4 Å². The van der Waals surface area contributed by atoms with Gasteiger partial charge in [-0.05, 0) is 55.2 Å². The molecule has 0 bridgehead atoms. The summed E-state index contributed by atoms with van der Waals surface area (Å²) in [6.07, 6.45) is 8.56. The highest BCUT2D eigenvalue weighted by Crippen LogP contribution is 2.40. The Morgan fingerprint density at radius 3 is 2.56 bits per heavy atom. The van der Waals surface area contributed by atoms with Gasteiger partial charge in [-0.25, -0.2) is 9.37 Å². The smallest absolute Gasteiger partial charge is 0.244 e. The second-order valence-corrected chi connectivity index (χ2v) is 9.93. The zero-order chi connectivity index (χ0) is 23.3. The molecule has 7 heteroatoms. The molecule has 2 aromatic rings. The van der Waals surface area contributed by atoms with Crippen molar-refractivity contribution in [3.8, 4) is 0 Å². The number of halogens is 1. The summed E-state index contributed by atoms with van der Waals surface area (Å²) < 4.78 is 14.2. The lowest BCUT2D eigenvalue weighted by molar-refractivity contribution is -0.117. The molecule has 3 rings (SSSR count). The lowest BCUT2D eigenvalue weighted by Gasteiger charge is -2.39. The molecule has 1 saturated carbocycles. The number of nitrogens with zero attached hydrogens (tertiary/aromatic N) is 2. The number of aromatic nitrogens is 1. The molecule has 0 saturated heterocycles. The van der Waals surface area contributed by atoms with Crippen molar-refractivity contribution in [3.63, 3.8) is 0 Å². The number of rotatable bonds is 7. The maximum Gasteiger partial charge on any atom is 0.244 e. The molecule has 0 spiro atoms. The molecule has 1 heterocycles. The molecule has 0 aliphatic heterocycles. The lowest BCUT2D eigenvalue weighted by atomic mass is 9.69. The second-order valence-electron chi connectivity index (χ2n) is 9.09. The fourth-order valence-electron chi connectivity index (χ4n) is 4.21. The van der Waals surface area contributed by atoms with Crippen LogP contribution >= 0.6 is 11.3 Å². The zero-order valence-electron chi connectivity index (χ0n) is 19.2. The van der Waals surface area contributed by atoms with Crippen LogP contribution in [0.5, 0.6) is 0 Å². The van der Waals surface area contributed by atoms with Crippen LogP contribution in [0.3, 0.4) is 0 Å². The Balaban J connectivity index is 1.59. The van der Waals surface area contributed by atoms with E-state index in [-0.39, 0.29) is 23.5 Å². The van der Waals surface area contributed by atoms with Crippen molar-refractivity contribution in [3.05, 3.63) is 47.2 Å². The van der Waals surface area contributed by atoms with E-state index in [0.29, 0.717) is 22.2 Å². The molecule has 0 atom stereocenters. The van der Waals surface area contributed by atoms with Crippen LogP contribution in [0.25, 0.3) is 6.08 Å². The number of amides is 2. The maximum atomic E-state index is 14.2. The van der Waals surface area contributed by atoms with Crippen molar-refractivity contribution in [2.75, 3.05) is 4.90 Å². The Labute approximate surface area is 193 Å². The topological polar surface area (TPSA) is 62.3 Å². The molecule has 0 unspecified atom stereocenters. The molecule has 1 aliphatic rings. The Morgan fingerprint density at radius 2 is 1.94 bits per heavy atom. The molecule has 172 valence electrons. The molecule has 1 aliphatic carbocycles. The number of carbonyl (C=O) groups excluding carboxylic acids is 2. The molecule has 0 radical (unpaired) electrons. The van der Waals surface area contributed by atoms with E-state index >= 15 is 0 Å². The quantitative estimate of drug-likeness (QED) is 0.512. The minimum atomic E-state index is -0.494. The van der Waals surface area contributed by atoms with Gasteiger partial charge in [-0.1, -0.05) is 39.3 Å². The number of para-hydroxylation sites is 1. The summed E-state index contributed by atoms with van der Waals surface area (Å²) in [5.41, 5.74) is 1.06. The molecule has 1 N–H and O–H groups in total. The third kappa shape index (κ3) is 5.82. The molecular weight excluding hydrogens is 425 g/mol. The summed E-state index contributed by atoms with van der Waals surface area (Å²) in [6.45, 7) is 8.28. The first kappa shape index (κ1) is 24.1. The maximum absolute atomic E-state index is 14.2. The zero-order valence-corrected chi connectivity index (χ0v) is 20.0. The van der Waals surface area contributed by atoms with Gasteiger partial charge >= 0.3 is 0 Å². The van der Waals surface area contributed by atoms with Gasteiger partial charge in [-0.3, -0.25) is 14.5 Å². The van der Waals surface area contributed by atoms with Gasteiger partial charge in [-0.15, -0.1) is 11.3 Å². The van der Waals surface area contributed by atoms with Crippen LogP contribution in [-0.4, -0.2) is 22.8 Å². The summed E-state index contributed by atoms with van der Waals surface area (Å²) >= 11 is 1.23. The average molecular weight is 458 g/mol. The van der Waals surface area contributed by atoms with Gasteiger partial charge in [0.1, 0.15) is 5.82 Å². The number of thiazole rings is 1. The Morgan fingerprint density at radius 1 is 1.25 bits per heavy atom. The highest BCUT2D eigenvalue weighted by atomic mass is 32.1. The van der Waals surface area contributed by atoms with Crippen LogP contribution in [0.2, 0.25) is 0 Å². The van der Waals surface area contributed by atoms with Gasteiger partial charge < -0.3 is 5.32 Å². The van der Waals surface area contributed by atoms with E-state index in [0.717, 1.165) is 25.7 Å². The highest BCUT2D eigenvalue weighted by Gasteiger charge is 2.32. The van der Waals surface area contributed by atoms with Crippen LogP contribution in [0.1, 0.15) is 65.5 Å². The van der Waals surface area contributed by atoms with Crippen LogP contribution in [0.4, 0.5) is 15.2 Å². The van der Waals surface area contributed by atoms with Crippen molar-refractivity contribution < 1.29 is 14.0 Å². The highest BCUT2D eigenvalue weighted by molar-refractivity contribution is 7.14. The van der Waals surface area contributed by atoms with Crippen LogP contribution in [0.15, 0.2) is 35.7 Å². The van der Waals surface area contributed by atoms with Crippen LogP contribution in [0, 0.1) is 17.2 Å². The summed E-state index contributed by atoms with van der Waals surface area (Å²) in [5.74, 6) is -0.260. The van der Waals surface area contributed by atoms with E-state index in [1.165, 1.54) is 47.8 Å². The summed E-state index contributed by atoms with van der Waals surface area (Å²) in [6, 6.07) is 6.29. The fraction of sp³-hybridized carbons (Fsp3) is 0.480. The SMILES string of the molecule is CCC(C)(C)C1CCC(NC(=O)/C=C/c2csc(N(C(C)=O)c3ccccc3F)n2)CC1. The standard InChI is InChI=1S/C25H32FN3O2S/c1-5-25(3,4)18-10-12-19(13-11-18)27-23(31)15-14-20-16-32-24(28-20)29(17(2)30)22-9-7-6-8-21(22)26/h6-9,14-16,18-19H,5,10-13H2,1-4H3,(H,27,31)/b15-14+. The van der Waals surface area contributed by atoms with Crippen molar-refractivity contribution in [2.45, 2.75) is 65.8 Å². The van der Waals surface area contributed by atoms with Gasteiger partial charge in [0.2, 0.25) is 11.8 Å². The normalized spacial score (nSPS) is 19.2. The van der Waals surface area contributed by atoms with Crippen molar-refractivity contribution >= 4 is 40.0 Å². The van der Waals surface area contributed by atoms with Gasteiger partial charge in [0.25, 0.3) is 0 Å². The second kappa shape index (κ2) is 10.4. The molecule has 2 amide bonds. The molecule has 1 aromatic carbocycles. The summed E-state index contributed by atoms with van der Waals surface area (Å²) in [7, 11) is 0. The first-order chi connectivity index (χ1) is 15.2. The summed E-state index contributed by atoms with van der Waals surface area (Å²) in [5, 5.41) is 5.20. The first-order valence-electron chi connectivity index (χ1n) is 11.2. The minimum Gasteiger partial charge on any atom is -0.350 e. The van der Waals surface area contributed by atoms with Gasteiger partial charge in [0.15, 0.2) is 5.13 Å². The van der Waals surface area contributed by atoms with E-state index in [2.05, 4.69) is 31.1 Å². The predicted molar refractivity (Wildman–Crippen MR) is 128 cm³/mol. The first-order valence-corrected chi connectivity index (χ1v) is 12.1. The Bertz CT molecular complexity index is 977. The molecule has 5 nitrogen and oxygen atoms in total. The number of benzene rings is 1. The molecular formula is C25H32FN3O2S. The Hall–Kier alpha value is -2.54. The number of carbonyl (C=O) groups is 2. The number of nitrogens with one attached hydrogen (secondary N) is 1. The third-order valence-electron chi connectivity index (χ3n) is 6.60. The van der Waals surface area contributed by atoms with Crippen molar-refractivity contribution in [2.24, 2.45) is 11.3 Å². The van der Waals surface area contributed by atoms with Crippen molar-refractivity contribution in [1.29, 1.82) is 0 Å². The number of hydrogen-bond acceptors (Lipinski definition) is 4. The molecule has 1 fully saturated rings. The van der Waals surface area contributed by atoms with E-state index in [9.17, 15) is 14.0 Å². The Kier molecular flexibility index (Phi) is 7.82. The predicted octanol–water partition coefficient (Wildman–Crippen LogP) is 6.09. The lowest BCUT2D eigenvalue weighted by Crippen LogP contribution is -2.39. The van der Waals surface area contributed by atoms with E-state index in [1.54, 1.807) is 23.6 Å². The summed E-state index contributed by atoms with van der Waals surface area (Å²) in [4.78, 5) is 30.2.